The Balaban J connectivity index is 1.40. The summed E-state index contributed by atoms with van der Waals surface area (Å²) in [5.41, 5.74) is 2.53. The summed E-state index contributed by atoms with van der Waals surface area (Å²) in [5.74, 6) is -1.50. The molecular weight excluding hydrogens is 639 g/mol. The second-order valence-electron chi connectivity index (χ2n) is 14.0. The Labute approximate surface area is 289 Å². The van der Waals surface area contributed by atoms with Gasteiger partial charge in [-0.1, -0.05) is 68.7 Å². The Morgan fingerprint density at radius 3 is 2.63 bits per heavy atom. The summed E-state index contributed by atoms with van der Waals surface area (Å²) in [6.07, 6.45) is 6.60. The van der Waals surface area contributed by atoms with Crippen LogP contribution >= 0.6 is 0 Å². The molecule has 1 N–H and O–H groups in total. The molecule has 0 spiro atoms. The van der Waals surface area contributed by atoms with Gasteiger partial charge in [0, 0.05) is 29.4 Å². The lowest BCUT2D eigenvalue weighted by Gasteiger charge is -2.29. The van der Waals surface area contributed by atoms with E-state index >= 15 is 0 Å². The number of Topliss-reactive ketones (excluding diaryl/α,β-unsaturated/α-hetero) is 1. The van der Waals surface area contributed by atoms with Crippen molar-refractivity contribution in [3.05, 3.63) is 72.8 Å². The smallest absolute Gasteiger partial charge is 0.243 e. The molecule has 5 atom stereocenters. The molecule has 6 rings (SSSR count). The number of unbranched alkanes of at least 4 members (excludes halogenated alkanes) is 1. The highest BCUT2D eigenvalue weighted by atomic mass is 32.2. The number of nitrogens with zero attached hydrogens (tertiary/aromatic N) is 2. The van der Waals surface area contributed by atoms with E-state index in [0.29, 0.717) is 31.4 Å². The zero-order valence-electron chi connectivity index (χ0n) is 28.5. The number of amides is 2. The maximum absolute atomic E-state index is 14.4. The van der Waals surface area contributed by atoms with Crippen molar-refractivity contribution in [2.45, 2.75) is 89.3 Å². The van der Waals surface area contributed by atoms with E-state index in [2.05, 4.69) is 24.0 Å². The molecule has 0 radical (unpaired) electrons. The Kier molecular flexibility index (Phi) is 10.2. The van der Waals surface area contributed by atoms with Gasteiger partial charge < -0.3 is 15.0 Å². The van der Waals surface area contributed by atoms with E-state index in [0.717, 1.165) is 53.4 Å². The molecule has 1 aliphatic carbocycles. The van der Waals surface area contributed by atoms with E-state index in [-0.39, 0.29) is 42.1 Å². The number of carbonyl (C=O) groups excluding carboxylic acids is 3. The molecule has 2 aromatic carbocycles. The van der Waals surface area contributed by atoms with Crippen LogP contribution in [0.1, 0.15) is 70.8 Å². The minimum absolute atomic E-state index is 0.0245. The summed E-state index contributed by atoms with van der Waals surface area (Å²) < 4.78 is 33.5. The van der Waals surface area contributed by atoms with E-state index in [1.807, 2.05) is 49.4 Å². The van der Waals surface area contributed by atoms with Crippen LogP contribution in [0.5, 0.6) is 5.75 Å². The standard InChI is InChI=1S/C39H47N3O6S/c1-4-6-14-29-25-49(46,47)19-12-8-9-13-27-17-18-33-32(20-27)36(22-34(40-33)28-15-10-7-11-16-28)48-31-21-35(42(24-31)38(29)45)37(44)41-39(26(3)43)23-30(39)5-2/h5,7,10-11,15-18,20,22,29-31,35H,2,4,6,8-9,12-14,19,21,23-25H2,1,3H3,(H,41,44)/t29-,30-,31-,35+,39+/m1/s1. The van der Waals surface area contributed by atoms with Crippen molar-refractivity contribution in [2.24, 2.45) is 11.8 Å². The molecule has 1 saturated carbocycles. The first-order chi connectivity index (χ1) is 23.5. The molecule has 0 unspecified atom stereocenters. The van der Waals surface area contributed by atoms with Gasteiger partial charge in [-0.15, -0.1) is 6.58 Å². The number of ether oxygens (including phenoxy) is 1. The Bertz CT molecular complexity index is 1840. The van der Waals surface area contributed by atoms with Gasteiger partial charge in [0.05, 0.1) is 35.2 Å². The average Bonchev–Trinajstić information content (AvgIpc) is 3.65. The summed E-state index contributed by atoms with van der Waals surface area (Å²) in [5, 5.41) is 3.82. The van der Waals surface area contributed by atoms with Gasteiger partial charge in [-0.3, -0.25) is 14.4 Å². The quantitative estimate of drug-likeness (QED) is 0.296. The predicted molar refractivity (Wildman–Crippen MR) is 191 cm³/mol. The van der Waals surface area contributed by atoms with Gasteiger partial charge in [0.25, 0.3) is 0 Å². The van der Waals surface area contributed by atoms with Crippen LogP contribution in [-0.2, 0) is 30.6 Å². The van der Waals surface area contributed by atoms with Crippen molar-refractivity contribution in [1.29, 1.82) is 0 Å². The van der Waals surface area contributed by atoms with E-state index < -0.39 is 39.3 Å². The number of benzene rings is 2. The van der Waals surface area contributed by atoms with E-state index in [1.165, 1.54) is 11.8 Å². The molecule has 3 aromatic rings. The minimum atomic E-state index is -3.52. The van der Waals surface area contributed by atoms with Crippen molar-refractivity contribution in [1.82, 2.24) is 15.2 Å². The highest BCUT2D eigenvalue weighted by Crippen LogP contribution is 2.45. The number of hydrogen-bond acceptors (Lipinski definition) is 7. The highest BCUT2D eigenvalue weighted by Gasteiger charge is 2.58. The molecule has 10 heteroatoms. The monoisotopic (exact) mass is 685 g/mol. The highest BCUT2D eigenvalue weighted by molar-refractivity contribution is 7.91. The molecule has 1 aromatic heterocycles. The number of rotatable bonds is 8. The number of aryl methyl sites for hydroxylation is 1. The number of carbonyl (C=O) groups is 3. The minimum Gasteiger partial charge on any atom is -0.488 e. The van der Waals surface area contributed by atoms with Crippen LogP contribution in [0, 0.1) is 11.8 Å². The first-order valence-corrected chi connectivity index (χ1v) is 19.5. The first kappa shape index (κ1) is 34.8. The fraction of sp³-hybridized carbons (Fsp3) is 0.487. The largest absolute Gasteiger partial charge is 0.488 e. The normalized spacial score (nSPS) is 26.9. The lowest BCUT2D eigenvalue weighted by Crippen LogP contribution is -2.53. The molecule has 49 heavy (non-hydrogen) atoms. The second-order valence-corrected chi connectivity index (χ2v) is 16.3. The number of nitrogens with one attached hydrogen (secondary N) is 1. The van der Waals surface area contributed by atoms with E-state index in [1.54, 1.807) is 6.08 Å². The molecular formula is C39H47N3O6S. The number of ketones is 1. The second kappa shape index (κ2) is 14.4. The average molecular weight is 686 g/mol. The Morgan fingerprint density at radius 2 is 1.92 bits per heavy atom. The van der Waals surface area contributed by atoms with Crippen LogP contribution < -0.4 is 10.1 Å². The van der Waals surface area contributed by atoms with Gasteiger partial charge in [0.15, 0.2) is 15.6 Å². The topological polar surface area (TPSA) is 123 Å². The fourth-order valence-corrected chi connectivity index (χ4v) is 9.23. The van der Waals surface area contributed by atoms with Crippen LogP contribution in [0.2, 0.25) is 0 Å². The zero-order chi connectivity index (χ0) is 34.8. The molecule has 2 fully saturated rings. The fourth-order valence-electron chi connectivity index (χ4n) is 7.50. The number of pyridine rings is 1. The van der Waals surface area contributed by atoms with Crippen molar-refractivity contribution >= 4 is 38.3 Å². The summed E-state index contributed by atoms with van der Waals surface area (Å²) in [6, 6.07) is 17.0. The molecule has 260 valence electrons. The lowest BCUT2D eigenvalue weighted by atomic mass is 10.0. The third kappa shape index (κ3) is 7.59. The van der Waals surface area contributed by atoms with Gasteiger partial charge in [0.2, 0.25) is 11.8 Å². The van der Waals surface area contributed by atoms with Gasteiger partial charge in [-0.05, 0) is 56.7 Å². The maximum atomic E-state index is 14.4. The lowest BCUT2D eigenvalue weighted by molar-refractivity contribution is -0.142. The van der Waals surface area contributed by atoms with Gasteiger partial charge in [-0.25, -0.2) is 13.4 Å². The zero-order valence-corrected chi connectivity index (χ0v) is 29.3. The third-order valence-electron chi connectivity index (χ3n) is 10.5. The summed E-state index contributed by atoms with van der Waals surface area (Å²) in [7, 11) is -3.52. The van der Waals surface area contributed by atoms with E-state index in [4.69, 9.17) is 9.72 Å². The van der Waals surface area contributed by atoms with Crippen LogP contribution in [0.3, 0.4) is 0 Å². The van der Waals surface area contributed by atoms with Gasteiger partial charge in [-0.2, -0.15) is 0 Å². The van der Waals surface area contributed by atoms with Gasteiger partial charge in [0.1, 0.15) is 23.4 Å². The van der Waals surface area contributed by atoms with Crippen molar-refractivity contribution in [3.63, 3.8) is 0 Å². The first-order valence-electron chi connectivity index (χ1n) is 17.7. The van der Waals surface area contributed by atoms with Crippen LogP contribution in [0.15, 0.2) is 67.3 Å². The van der Waals surface area contributed by atoms with Crippen LogP contribution in [-0.4, -0.2) is 71.6 Å². The molecule has 4 bridgehead atoms. The van der Waals surface area contributed by atoms with Crippen molar-refractivity contribution < 1.29 is 27.5 Å². The molecule has 2 amide bonds. The van der Waals surface area contributed by atoms with Crippen LogP contribution in [0.4, 0.5) is 0 Å². The summed E-state index contributed by atoms with van der Waals surface area (Å²) >= 11 is 0. The van der Waals surface area contributed by atoms with Crippen LogP contribution in [0.25, 0.3) is 22.2 Å². The SMILES string of the molecule is C=C[C@@H]1C[C@]1(NC(=O)[C@@H]1C[C@@H]2CN1C(=O)[C@H](CCCC)CS(=O)(=O)CCCCCc1ccc3nc(-c4ccccc4)cc(c3c1)O2)C(C)=O. The summed E-state index contributed by atoms with van der Waals surface area (Å²) in [4.78, 5) is 47.6. The molecule has 2 aliphatic heterocycles. The number of aromatic nitrogens is 1. The molecule has 9 nitrogen and oxygen atoms in total. The maximum Gasteiger partial charge on any atom is 0.243 e. The van der Waals surface area contributed by atoms with E-state index in [9.17, 15) is 22.8 Å². The third-order valence-corrected chi connectivity index (χ3v) is 12.3. The number of sulfone groups is 1. The number of fused-ring (bicyclic) bond motifs is 3. The molecule has 3 heterocycles. The molecule has 1 saturated heterocycles. The van der Waals surface area contributed by atoms with Gasteiger partial charge >= 0.3 is 0 Å². The number of hydrogen-bond donors (Lipinski definition) is 1. The molecule has 3 aliphatic rings. The summed E-state index contributed by atoms with van der Waals surface area (Å²) in [6.45, 7) is 7.41. The predicted octanol–water partition coefficient (Wildman–Crippen LogP) is 5.85. The van der Waals surface area contributed by atoms with Crippen molar-refractivity contribution in [2.75, 3.05) is 18.1 Å². The van der Waals surface area contributed by atoms with Crippen molar-refractivity contribution in [3.8, 4) is 17.0 Å². The Morgan fingerprint density at radius 1 is 1.12 bits per heavy atom. The Hall–Kier alpha value is -4.05.